The summed E-state index contributed by atoms with van der Waals surface area (Å²) in [5, 5.41) is 24.9. The minimum Gasteiger partial charge on any atom is -0.490 e. The van der Waals surface area contributed by atoms with Crippen LogP contribution in [0.2, 0.25) is 0 Å². The van der Waals surface area contributed by atoms with Crippen LogP contribution in [0.3, 0.4) is 0 Å². The highest BCUT2D eigenvalue weighted by Crippen LogP contribution is 2.17. The molecule has 0 spiro atoms. The van der Waals surface area contributed by atoms with Crippen molar-refractivity contribution in [2.45, 2.75) is 27.7 Å². The molecule has 0 amide bonds. The predicted octanol–water partition coefficient (Wildman–Crippen LogP) is 4.81. The molecule has 0 heterocycles. The van der Waals surface area contributed by atoms with Crippen LogP contribution < -0.4 is 9.47 Å². The first-order chi connectivity index (χ1) is 13.5. The van der Waals surface area contributed by atoms with Crippen LogP contribution in [0.5, 0.6) is 11.5 Å². The lowest BCUT2D eigenvalue weighted by molar-refractivity contribution is 0.217. The second-order valence-corrected chi connectivity index (χ2v) is 7.03. The van der Waals surface area contributed by atoms with Gasteiger partial charge in [0.25, 0.3) is 0 Å². The number of hydrogen-bond acceptors (Lipinski definition) is 6. The fourth-order valence-electron chi connectivity index (χ4n) is 2.78. The van der Waals surface area contributed by atoms with Crippen LogP contribution in [0.25, 0.3) is 0 Å². The zero-order valence-electron chi connectivity index (χ0n) is 16.8. The molecular formula is C22H28N2O4. The van der Waals surface area contributed by atoms with Crippen molar-refractivity contribution in [1.29, 1.82) is 0 Å². The van der Waals surface area contributed by atoms with Gasteiger partial charge in [0.1, 0.15) is 24.7 Å². The van der Waals surface area contributed by atoms with Gasteiger partial charge in [-0.05, 0) is 71.5 Å². The molecule has 0 atom stereocenters. The molecule has 0 fully saturated rings. The van der Waals surface area contributed by atoms with Gasteiger partial charge in [-0.1, -0.05) is 38.0 Å². The second-order valence-electron chi connectivity index (χ2n) is 7.03. The van der Waals surface area contributed by atoms with Crippen LogP contribution in [-0.2, 0) is 0 Å². The summed E-state index contributed by atoms with van der Waals surface area (Å²) in [5.74, 6) is 1.72. The Bertz CT molecular complexity index is 725. The Labute approximate surface area is 166 Å². The molecule has 0 saturated carbocycles. The molecule has 0 aliphatic carbocycles. The number of hydrogen-bond donors (Lipinski definition) is 2. The molecule has 2 rings (SSSR count). The van der Waals surface area contributed by atoms with Crippen LogP contribution in [0.15, 0.2) is 58.8 Å². The maximum atomic E-state index is 9.11. The van der Waals surface area contributed by atoms with Crippen molar-refractivity contribution in [1.82, 2.24) is 0 Å². The van der Waals surface area contributed by atoms with Gasteiger partial charge < -0.3 is 19.9 Å². The Morgan fingerprint density at radius 3 is 1.25 bits per heavy atom. The number of ether oxygens (including phenoxy) is 2. The van der Waals surface area contributed by atoms with Crippen molar-refractivity contribution >= 4 is 11.4 Å². The van der Waals surface area contributed by atoms with Gasteiger partial charge in [-0.15, -0.1) is 0 Å². The highest BCUT2D eigenvalue weighted by atomic mass is 16.5. The highest BCUT2D eigenvalue weighted by Gasteiger charge is 2.10. The lowest BCUT2D eigenvalue weighted by Crippen LogP contribution is -2.11. The SMILES string of the molecule is CC(C)C(=NO)c1ccc(OCCOc2ccc(C(=NO)C(C)C)cc2)cc1. The molecule has 28 heavy (non-hydrogen) atoms. The molecule has 6 heteroatoms. The molecule has 0 bridgehead atoms. The van der Waals surface area contributed by atoms with E-state index in [2.05, 4.69) is 10.3 Å². The molecular weight excluding hydrogens is 356 g/mol. The van der Waals surface area contributed by atoms with Crippen LogP contribution in [-0.4, -0.2) is 35.1 Å². The molecule has 0 unspecified atom stereocenters. The summed E-state index contributed by atoms with van der Waals surface area (Å²) < 4.78 is 11.4. The first-order valence-corrected chi connectivity index (χ1v) is 9.36. The second kappa shape index (κ2) is 10.3. The lowest BCUT2D eigenvalue weighted by Gasteiger charge is -2.11. The predicted molar refractivity (Wildman–Crippen MR) is 110 cm³/mol. The molecule has 0 aromatic heterocycles. The van der Waals surface area contributed by atoms with E-state index in [9.17, 15) is 0 Å². The smallest absolute Gasteiger partial charge is 0.122 e. The van der Waals surface area contributed by atoms with Crippen molar-refractivity contribution in [2.24, 2.45) is 22.1 Å². The Kier molecular flexibility index (Phi) is 7.87. The van der Waals surface area contributed by atoms with Crippen molar-refractivity contribution in [3.63, 3.8) is 0 Å². The van der Waals surface area contributed by atoms with Crippen molar-refractivity contribution in [3.05, 3.63) is 59.7 Å². The standard InChI is InChI=1S/C22H28N2O4/c1-15(2)21(23-25)17-5-9-19(10-6-17)27-13-14-28-20-11-7-18(8-12-20)22(24-26)16(3)4/h5-12,15-16,25-26H,13-14H2,1-4H3. The van der Waals surface area contributed by atoms with E-state index >= 15 is 0 Å². The van der Waals surface area contributed by atoms with E-state index in [0.717, 1.165) is 22.6 Å². The summed E-state index contributed by atoms with van der Waals surface area (Å²) in [6.07, 6.45) is 0. The molecule has 2 aromatic carbocycles. The van der Waals surface area contributed by atoms with Crippen molar-refractivity contribution in [2.75, 3.05) is 13.2 Å². The fraction of sp³-hybridized carbons (Fsp3) is 0.364. The maximum Gasteiger partial charge on any atom is 0.122 e. The Morgan fingerprint density at radius 1 is 0.679 bits per heavy atom. The normalized spacial score (nSPS) is 12.5. The summed E-state index contributed by atoms with van der Waals surface area (Å²) in [4.78, 5) is 0. The third kappa shape index (κ3) is 5.74. The van der Waals surface area contributed by atoms with E-state index in [-0.39, 0.29) is 11.8 Å². The first kappa shape index (κ1) is 21.3. The topological polar surface area (TPSA) is 83.6 Å². The number of benzene rings is 2. The summed E-state index contributed by atoms with van der Waals surface area (Å²) in [6, 6.07) is 14.9. The minimum atomic E-state index is 0.136. The van der Waals surface area contributed by atoms with Gasteiger partial charge in [0.2, 0.25) is 0 Å². The molecule has 0 aliphatic heterocycles. The van der Waals surface area contributed by atoms with E-state index in [4.69, 9.17) is 19.9 Å². The monoisotopic (exact) mass is 384 g/mol. The fourth-order valence-corrected chi connectivity index (χ4v) is 2.78. The molecule has 6 nitrogen and oxygen atoms in total. The van der Waals surface area contributed by atoms with E-state index in [1.807, 2.05) is 76.2 Å². The first-order valence-electron chi connectivity index (χ1n) is 9.36. The summed E-state index contributed by atoms with van der Waals surface area (Å²) >= 11 is 0. The highest BCUT2D eigenvalue weighted by molar-refractivity contribution is 6.02. The Hall–Kier alpha value is -3.02. The molecule has 2 N–H and O–H groups in total. The third-order valence-electron chi connectivity index (χ3n) is 4.23. The molecule has 0 saturated heterocycles. The van der Waals surface area contributed by atoms with Gasteiger partial charge in [0.15, 0.2) is 0 Å². The van der Waals surface area contributed by atoms with Gasteiger partial charge in [-0.25, -0.2) is 0 Å². The quantitative estimate of drug-likeness (QED) is 0.281. The largest absolute Gasteiger partial charge is 0.490 e. The molecule has 0 aliphatic rings. The Balaban J connectivity index is 1.83. The van der Waals surface area contributed by atoms with Crippen molar-refractivity contribution in [3.8, 4) is 11.5 Å². The van der Waals surface area contributed by atoms with Crippen LogP contribution in [0, 0.1) is 11.8 Å². The van der Waals surface area contributed by atoms with E-state index in [1.165, 1.54) is 0 Å². The van der Waals surface area contributed by atoms with E-state index in [0.29, 0.717) is 24.6 Å². The third-order valence-corrected chi connectivity index (χ3v) is 4.23. The summed E-state index contributed by atoms with van der Waals surface area (Å²) in [6.45, 7) is 8.71. The van der Waals surface area contributed by atoms with Crippen molar-refractivity contribution < 1.29 is 19.9 Å². The maximum absolute atomic E-state index is 9.11. The number of nitrogens with zero attached hydrogens (tertiary/aromatic N) is 2. The Morgan fingerprint density at radius 2 is 1.00 bits per heavy atom. The van der Waals surface area contributed by atoms with Gasteiger partial charge in [0.05, 0.1) is 11.4 Å². The van der Waals surface area contributed by atoms with Crippen LogP contribution in [0.1, 0.15) is 38.8 Å². The van der Waals surface area contributed by atoms with Gasteiger partial charge in [-0.3, -0.25) is 0 Å². The zero-order valence-corrected chi connectivity index (χ0v) is 16.8. The number of rotatable bonds is 9. The summed E-state index contributed by atoms with van der Waals surface area (Å²) in [7, 11) is 0. The summed E-state index contributed by atoms with van der Waals surface area (Å²) in [5.41, 5.74) is 3.03. The van der Waals surface area contributed by atoms with E-state index < -0.39 is 0 Å². The molecule has 0 radical (unpaired) electrons. The lowest BCUT2D eigenvalue weighted by atomic mass is 10.0. The minimum absolute atomic E-state index is 0.136. The molecule has 150 valence electrons. The van der Waals surface area contributed by atoms with Gasteiger partial charge in [-0.2, -0.15) is 0 Å². The number of oxime groups is 2. The average Bonchev–Trinajstić information content (AvgIpc) is 2.68. The molecule has 2 aromatic rings. The zero-order chi connectivity index (χ0) is 20.5. The van der Waals surface area contributed by atoms with Gasteiger partial charge >= 0.3 is 0 Å². The van der Waals surface area contributed by atoms with Crippen LogP contribution in [0.4, 0.5) is 0 Å². The van der Waals surface area contributed by atoms with E-state index in [1.54, 1.807) is 0 Å². The van der Waals surface area contributed by atoms with Gasteiger partial charge in [0, 0.05) is 0 Å². The van der Waals surface area contributed by atoms with Crippen LogP contribution >= 0.6 is 0 Å². The average molecular weight is 384 g/mol.